The number of rotatable bonds is 6. The molecule has 0 bridgehead atoms. The Morgan fingerprint density at radius 3 is 2.48 bits per heavy atom. The first-order valence-electron chi connectivity index (χ1n) is 8.14. The Kier molecular flexibility index (Phi) is 6.24. The van der Waals surface area contributed by atoms with E-state index in [9.17, 15) is 4.79 Å². The van der Waals surface area contributed by atoms with Gasteiger partial charge in [0.05, 0.1) is 0 Å². The molecule has 2 rings (SSSR count). The summed E-state index contributed by atoms with van der Waals surface area (Å²) in [6, 6.07) is 10.6. The fourth-order valence-electron chi connectivity index (χ4n) is 3.18. The molecule has 0 heterocycles. The molecular formula is C18H28N2O. The number of carbonyl (C=O) groups is 1. The van der Waals surface area contributed by atoms with E-state index in [4.69, 9.17) is 0 Å². The summed E-state index contributed by atoms with van der Waals surface area (Å²) < 4.78 is 0. The number of amides is 1. The van der Waals surface area contributed by atoms with Crippen LogP contribution in [0.3, 0.4) is 0 Å². The number of nitrogens with one attached hydrogen (secondary N) is 1. The molecule has 1 aliphatic carbocycles. The van der Waals surface area contributed by atoms with Gasteiger partial charge in [0.2, 0.25) is 5.91 Å². The van der Waals surface area contributed by atoms with Crippen LogP contribution in [0.25, 0.3) is 0 Å². The lowest BCUT2D eigenvalue weighted by Gasteiger charge is -2.27. The summed E-state index contributed by atoms with van der Waals surface area (Å²) in [5.74, 6) is 0.497. The molecule has 0 unspecified atom stereocenters. The predicted molar refractivity (Wildman–Crippen MR) is 87.2 cm³/mol. The molecule has 1 atom stereocenters. The topological polar surface area (TPSA) is 32.3 Å². The van der Waals surface area contributed by atoms with E-state index in [1.165, 1.54) is 24.8 Å². The molecule has 1 aliphatic rings. The minimum Gasteiger partial charge on any atom is -0.352 e. The van der Waals surface area contributed by atoms with Crippen LogP contribution >= 0.6 is 0 Å². The molecule has 1 N–H and O–H groups in total. The molecule has 0 radical (unpaired) electrons. The Morgan fingerprint density at radius 1 is 1.19 bits per heavy atom. The van der Waals surface area contributed by atoms with Crippen LogP contribution in [0.15, 0.2) is 30.3 Å². The van der Waals surface area contributed by atoms with Crippen molar-refractivity contribution in [1.29, 1.82) is 0 Å². The minimum atomic E-state index is 0.192. The summed E-state index contributed by atoms with van der Waals surface area (Å²) in [5, 5.41) is 3.29. The monoisotopic (exact) mass is 288 g/mol. The van der Waals surface area contributed by atoms with Crippen molar-refractivity contribution >= 4 is 5.91 Å². The van der Waals surface area contributed by atoms with Crippen LogP contribution in [-0.4, -0.2) is 37.5 Å². The Hall–Kier alpha value is -1.35. The van der Waals surface area contributed by atoms with Crippen molar-refractivity contribution in [2.75, 3.05) is 20.6 Å². The molecule has 116 valence electrons. The average molecular weight is 288 g/mol. The number of likely N-dealkylation sites (N-methyl/N-ethyl adjacent to an activating group) is 1. The van der Waals surface area contributed by atoms with E-state index in [2.05, 4.69) is 48.6 Å². The third-order valence-corrected chi connectivity index (χ3v) is 4.23. The van der Waals surface area contributed by atoms with Crippen molar-refractivity contribution in [1.82, 2.24) is 10.2 Å². The Labute approximate surface area is 128 Å². The minimum absolute atomic E-state index is 0.192. The third kappa shape index (κ3) is 5.50. The van der Waals surface area contributed by atoms with Crippen molar-refractivity contribution in [2.24, 2.45) is 5.92 Å². The zero-order chi connectivity index (χ0) is 15.1. The SMILES string of the molecule is CN(C)C[C@@H](Cc1ccccc1)NC(=O)C1CCCCC1. The first kappa shape index (κ1) is 16.0. The van der Waals surface area contributed by atoms with Gasteiger partial charge < -0.3 is 10.2 Å². The van der Waals surface area contributed by atoms with Crippen LogP contribution in [0.1, 0.15) is 37.7 Å². The number of hydrogen-bond acceptors (Lipinski definition) is 2. The summed E-state index contributed by atoms with van der Waals surface area (Å²) in [4.78, 5) is 14.6. The summed E-state index contributed by atoms with van der Waals surface area (Å²) in [6.07, 6.45) is 6.72. The molecule has 1 aromatic rings. The smallest absolute Gasteiger partial charge is 0.223 e. The first-order chi connectivity index (χ1) is 10.1. The zero-order valence-electron chi connectivity index (χ0n) is 13.3. The van der Waals surface area contributed by atoms with E-state index in [-0.39, 0.29) is 17.9 Å². The van der Waals surface area contributed by atoms with Gasteiger partial charge in [0.25, 0.3) is 0 Å². The van der Waals surface area contributed by atoms with Gasteiger partial charge in [-0.1, -0.05) is 49.6 Å². The quantitative estimate of drug-likeness (QED) is 0.873. The lowest BCUT2D eigenvalue weighted by molar-refractivity contribution is -0.126. The molecule has 0 spiro atoms. The molecule has 21 heavy (non-hydrogen) atoms. The van der Waals surface area contributed by atoms with Crippen LogP contribution in [0.2, 0.25) is 0 Å². The first-order valence-corrected chi connectivity index (χ1v) is 8.14. The van der Waals surface area contributed by atoms with Crippen molar-refractivity contribution in [3.05, 3.63) is 35.9 Å². The van der Waals surface area contributed by atoms with Crippen LogP contribution < -0.4 is 5.32 Å². The number of nitrogens with zero attached hydrogens (tertiary/aromatic N) is 1. The molecule has 3 nitrogen and oxygen atoms in total. The largest absolute Gasteiger partial charge is 0.352 e. The van der Waals surface area contributed by atoms with Crippen LogP contribution in [0.4, 0.5) is 0 Å². The van der Waals surface area contributed by atoms with E-state index >= 15 is 0 Å². The molecule has 1 saturated carbocycles. The van der Waals surface area contributed by atoms with Gasteiger partial charge in [0, 0.05) is 18.5 Å². The molecule has 0 saturated heterocycles. The van der Waals surface area contributed by atoms with Crippen molar-refractivity contribution < 1.29 is 4.79 Å². The Balaban J connectivity index is 1.93. The summed E-state index contributed by atoms with van der Waals surface area (Å²) >= 11 is 0. The van der Waals surface area contributed by atoms with Crippen molar-refractivity contribution in [3.63, 3.8) is 0 Å². The van der Waals surface area contributed by atoms with Gasteiger partial charge in [-0.05, 0) is 38.9 Å². The highest BCUT2D eigenvalue weighted by Gasteiger charge is 2.23. The highest BCUT2D eigenvalue weighted by atomic mass is 16.1. The van der Waals surface area contributed by atoms with Crippen LogP contribution in [-0.2, 0) is 11.2 Å². The summed E-state index contributed by atoms with van der Waals surface area (Å²) in [7, 11) is 4.12. The lowest BCUT2D eigenvalue weighted by atomic mass is 9.88. The highest BCUT2D eigenvalue weighted by molar-refractivity contribution is 5.79. The summed E-state index contributed by atoms with van der Waals surface area (Å²) in [6.45, 7) is 0.882. The van der Waals surface area contributed by atoms with Gasteiger partial charge in [-0.3, -0.25) is 4.79 Å². The van der Waals surface area contributed by atoms with Crippen molar-refractivity contribution in [3.8, 4) is 0 Å². The molecule has 0 aliphatic heterocycles. The number of carbonyl (C=O) groups excluding carboxylic acids is 1. The van der Waals surface area contributed by atoms with E-state index in [1.807, 2.05) is 6.07 Å². The second-order valence-electron chi connectivity index (χ2n) is 6.49. The molecule has 0 aromatic heterocycles. The summed E-state index contributed by atoms with van der Waals surface area (Å²) in [5.41, 5.74) is 1.29. The van der Waals surface area contributed by atoms with Crippen LogP contribution in [0.5, 0.6) is 0 Å². The average Bonchev–Trinajstić information content (AvgIpc) is 2.48. The van der Waals surface area contributed by atoms with Crippen LogP contribution in [0, 0.1) is 5.92 Å². The maximum atomic E-state index is 12.5. The second-order valence-corrected chi connectivity index (χ2v) is 6.49. The van der Waals surface area contributed by atoms with E-state index in [1.54, 1.807) is 0 Å². The molecule has 1 amide bonds. The maximum absolute atomic E-state index is 12.5. The van der Waals surface area contributed by atoms with E-state index in [0.29, 0.717) is 0 Å². The molecule has 3 heteroatoms. The fraction of sp³-hybridized carbons (Fsp3) is 0.611. The highest BCUT2D eigenvalue weighted by Crippen LogP contribution is 2.23. The normalized spacial score (nSPS) is 17.7. The maximum Gasteiger partial charge on any atom is 0.223 e. The van der Waals surface area contributed by atoms with Crippen molar-refractivity contribution in [2.45, 2.75) is 44.6 Å². The fourth-order valence-corrected chi connectivity index (χ4v) is 3.18. The molecular weight excluding hydrogens is 260 g/mol. The third-order valence-electron chi connectivity index (χ3n) is 4.23. The number of hydrogen-bond donors (Lipinski definition) is 1. The molecule has 1 aromatic carbocycles. The van der Waals surface area contributed by atoms with Gasteiger partial charge in [0.1, 0.15) is 0 Å². The van der Waals surface area contributed by atoms with Gasteiger partial charge in [-0.2, -0.15) is 0 Å². The van der Waals surface area contributed by atoms with Gasteiger partial charge in [-0.25, -0.2) is 0 Å². The lowest BCUT2D eigenvalue weighted by Crippen LogP contribution is -2.45. The van der Waals surface area contributed by atoms with E-state index < -0.39 is 0 Å². The zero-order valence-corrected chi connectivity index (χ0v) is 13.3. The van der Waals surface area contributed by atoms with Gasteiger partial charge in [0.15, 0.2) is 0 Å². The predicted octanol–water partition coefficient (Wildman–Crippen LogP) is 2.86. The van der Waals surface area contributed by atoms with Gasteiger partial charge in [-0.15, -0.1) is 0 Å². The number of benzene rings is 1. The Morgan fingerprint density at radius 2 is 1.86 bits per heavy atom. The second kappa shape index (κ2) is 8.18. The van der Waals surface area contributed by atoms with Gasteiger partial charge >= 0.3 is 0 Å². The van der Waals surface area contributed by atoms with E-state index in [0.717, 1.165) is 25.8 Å². The Bertz CT molecular complexity index is 424. The standard InChI is InChI=1S/C18H28N2O/c1-20(2)14-17(13-15-9-5-3-6-10-15)19-18(21)16-11-7-4-8-12-16/h3,5-6,9-10,16-17H,4,7-8,11-14H2,1-2H3,(H,19,21)/t17-/m1/s1. The molecule has 1 fully saturated rings.